The zero-order valence-electron chi connectivity index (χ0n) is 23.6. The third-order valence-electron chi connectivity index (χ3n) is 6.66. The van der Waals surface area contributed by atoms with Crippen LogP contribution < -0.4 is 14.4 Å². The van der Waals surface area contributed by atoms with Crippen molar-refractivity contribution < 1.29 is 28.6 Å². The van der Waals surface area contributed by atoms with E-state index in [4.69, 9.17) is 25.5 Å². The van der Waals surface area contributed by atoms with Gasteiger partial charge in [-0.1, -0.05) is 72.7 Å². The molecule has 2 aromatic heterocycles. The molecule has 5 rings (SSSR count). The van der Waals surface area contributed by atoms with E-state index in [1.54, 1.807) is 24.3 Å². The molecular formula is C31H30ClN3O6S2. The maximum absolute atomic E-state index is 13.6. The van der Waals surface area contributed by atoms with E-state index in [1.165, 1.54) is 40.3 Å². The molecule has 0 radical (unpaired) electrons. The summed E-state index contributed by atoms with van der Waals surface area (Å²) in [6, 6.07) is 14.8. The van der Waals surface area contributed by atoms with Gasteiger partial charge < -0.3 is 19.0 Å². The fourth-order valence-electron chi connectivity index (χ4n) is 4.59. The fourth-order valence-corrected chi connectivity index (χ4v) is 6.54. The number of amides is 1. The Labute approximate surface area is 262 Å². The molecule has 43 heavy (non-hydrogen) atoms. The number of aliphatic hydroxyl groups excluding tert-OH is 1. The van der Waals surface area contributed by atoms with Gasteiger partial charge in [0.25, 0.3) is 5.91 Å². The van der Waals surface area contributed by atoms with Gasteiger partial charge in [0.15, 0.2) is 27.4 Å². The smallest absolute Gasteiger partial charge is 0.296 e. The first-order valence-corrected chi connectivity index (χ1v) is 16.0. The second-order valence-electron chi connectivity index (χ2n) is 9.61. The number of aliphatic hydroxyl groups is 1. The number of nitrogens with zero attached hydrogens (tertiary/aromatic N) is 3. The number of hydrogen-bond acceptors (Lipinski definition) is 10. The molecular weight excluding hydrogens is 610 g/mol. The highest BCUT2D eigenvalue weighted by molar-refractivity contribution is 8.00. The van der Waals surface area contributed by atoms with Crippen molar-refractivity contribution in [2.24, 2.45) is 0 Å². The molecule has 0 aliphatic carbocycles. The third kappa shape index (κ3) is 6.90. The number of carbonyl (C=O) groups excluding carboxylic acids is 2. The lowest BCUT2D eigenvalue weighted by Gasteiger charge is -2.24. The second kappa shape index (κ2) is 14.1. The standard InChI is InChI=1S/C31H30ClN3O6S2/c1-3-5-6-15-40-22-14-11-20(17-24(22)39-4-2)26-25(27(36)23-8-7-16-41-23)28(37)29(38)35(26)30-33-34-31(43-30)42-18-19-9-12-21(32)13-10-19/h7-14,16-17,26,37H,3-6,15,18H2,1-2H3. The molecule has 0 bridgehead atoms. The van der Waals surface area contributed by atoms with Crippen LogP contribution in [0.15, 0.2) is 80.9 Å². The summed E-state index contributed by atoms with van der Waals surface area (Å²) in [6.07, 6.45) is 4.39. The highest BCUT2D eigenvalue weighted by atomic mass is 35.5. The molecule has 0 fully saturated rings. The van der Waals surface area contributed by atoms with Gasteiger partial charge in [0.05, 0.1) is 31.1 Å². The van der Waals surface area contributed by atoms with E-state index in [9.17, 15) is 14.7 Å². The van der Waals surface area contributed by atoms with E-state index in [1.807, 2.05) is 31.2 Å². The minimum atomic E-state index is -1.01. The Morgan fingerprint density at radius 1 is 1.09 bits per heavy atom. The monoisotopic (exact) mass is 639 g/mol. The van der Waals surface area contributed by atoms with Crippen molar-refractivity contribution in [1.82, 2.24) is 10.2 Å². The van der Waals surface area contributed by atoms with E-state index in [0.29, 0.717) is 45.4 Å². The Balaban J connectivity index is 1.49. The van der Waals surface area contributed by atoms with Gasteiger partial charge in [-0.05, 0) is 60.9 Å². The molecule has 2 aromatic carbocycles. The summed E-state index contributed by atoms with van der Waals surface area (Å²) < 4.78 is 17.8. The van der Waals surface area contributed by atoms with Crippen LogP contribution in [0.2, 0.25) is 5.02 Å². The van der Waals surface area contributed by atoms with Crippen molar-refractivity contribution in [3.8, 4) is 11.5 Å². The molecule has 1 atom stereocenters. The number of furan rings is 1. The molecule has 1 aliphatic heterocycles. The number of benzene rings is 2. The van der Waals surface area contributed by atoms with Crippen LogP contribution in [0.4, 0.5) is 5.13 Å². The Hall–Kier alpha value is -3.80. The van der Waals surface area contributed by atoms with E-state index in [2.05, 4.69) is 17.1 Å². The molecule has 4 aromatic rings. The summed E-state index contributed by atoms with van der Waals surface area (Å²) in [7, 11) is 0. The van der Waals surface area contributed by atoms with Crippen molar-refractivity contribution in [2.45, 2.75) is 49.2 Å². The molecule has 0 saturated heterocycles. The predicted octanol–water partition coefficient (Wildman–Crippen LogP) is 7.83. The Morgan fingerprint density at radius 3 is 2.63 bits per heavy atom. The summed E-state index contributed by atoms with van der Waals surface area (Å²) >= 11 is 8.64. The number of aromatic nitrogens is 2. The first kappa shape index (κ1) is 30.7. The fraction of sp³-hybridized carbons (Fsp3) is 0.290. The number of unbranched alkanes of at least 4 members (excludes halogenated alkanes) is 2. The van der Waals surface area contributed by atoms with E-state index >= 15 is 0 Å². The van der Waals surface area contributed by atoms with Crippen LogP contribution in [0.3, 0.4) is 0 Å². The van der Waals surface area contributed by atoms with Crippen LogP contribution in [0.5, 0.6) is 11.5 Å². The average Bonchev–Trinajstić information content (AvgIpc) is 3.76. The molecule has 3 heterocycles. The lowest BCUT2D eigenvalue weighted by molar-refractivity contribution is -0.117. The normalized spacial score (nSPS) is 14.9. The zero-order chi connectivity index (χ0) is 30.3. The van der Waals surface area contributed by atoms with Crippen molar-refractivity contribution in [3.63, 3.8) is 0 Å². The number of carbonyl (C=O) groups is 2. The number of rotatable bonds is 14. The quantitative estimate of drug-likeness (QED) is 0.0638. The van der Waals surface area contributed by atoms with E-state index in [-0.39, 0.29) is 16.5 Å². The molecule has 1 N–H and O–H groups in total. The maximum atomic E-state index is 13.6. The minimum Gasteiger partial charge on any atom is -0.503 e. The van der Waals surface area contributed by atoms with Gasteiger partial charge in [0.2, 0.25) is 10.9 Å². The molecule has 0 spiro atoms. The average molecular weight is 640 g/mol. The van der Waals surface area contributed by atoms with Crippen molar-refractivity contribution >= 4 is 51.5 Å². The third-order valence-corrected chi connectivity index (χ3v) is 9.04. The van der Waals surface area contributed by atoms with Gasteiger partial charge in [0.1, 0.15) is 0 Å². The largest absolute Gasteiger partial charge is 0.503 e. The second-order valence-corrected chi connectivity index (χ2v) is 12.2. The predicted molar refractivity (Wildman–Crippen MR) is 166 cm³/mol. The SMILES string of the molecule is CCCCCOc1ccc(C2C(C(=O)c3ccco3)=C(O)C(=O)N2c2nnc(SCc3ccc(Cl)cc3)s2)cc1OCC. The highest BCUT2D eigenvalue weighted by Gasteiger charge is 2.47. The molecule has 9 nitrogen and oxygen atoms in total. The van der Waals surface area contributed by atoms with Gasteiger partial charge in [-0.2, -0.15) is 0 Å². The lowest BCUT2D eigenvalue weighted by Crippen LogP contribution is -2.31. The van der Waals surface area contributed by atoms with Crippen LogP contribution in [-0.4, -0.2) is 40.2 Å². The number of Topliss-reactive ketones (excluding diaryl/α,β-unsaturated/α-hetero) is 1. The van der Waals surface area contributed by atoms with Crippen molar-refractivity contribution in [3.05, 3.63) is 94.1 Å². The first-order chi connectivity index (χ1) is 20.9. The van der Waals surface area contributed by atoms with Crippen LogP contribution in [0.25, 0.3) is 0 Å². The molecule has 0 saturated carbocycles. The highest BCUT2D eigenvalue weighted by Crippen LogP contribution is 2.45. The number of ketones is 1. The Kier molecular flexibility index (Phi) is 10.1. The Morgan fingerprint density at radius 2 is 1.91 bits per heavy atom. The Bertz CT molecular complexity index is 1600. The number of halogens is 1. The van der Waals surface area contributed by atoms with Gasteiger partial charge in [-0.25, -0.2) is 0 Å². The van der Waals surface area contributed by atoms with Crippen LogP contribution in [-0.2, 0) is 10.5 Å². The summed E-state index contributed by atoms with van der Waals surface area (Å²) in [4.78, 5) is 28.5. The van der Waals surface area contributed by atoms with E-state index < -0.39 is 23.5 Å². The summed E-state index contributed by atoms with van der Waals surface area (Å²) in [5, 5.41) is 20.5. The zero-order valence-corrected chi connectivity index (χ0v) is 26.0. The number of ether oxygens (including phenoxy) is 2. The summed E-state index contributed by atoms with van der Waals surface area (Å²) in [5.74, 6) is -0.399. The van der Waals surface area contributed by atoms with Gasteiger partial charge in [-0.3, -0.25) is 14.5 Å². The molecule has 1 amide bonds. The number of hydrogen-bond donors (Lipinski definition) is 1. The molecule has 12 heteroatoms. The maximum Gasteiger partial charge on any atom is 0.296 e. The van der Waals surface area contributed by atoms with Crippen molar-refractivity contribution in [1.29, 1.82) is 0 Å². The van der Waals surface area contributed by atoms with Crippen LogP contribution >= 0.6 is 34.7 Å². The number of anilines is 1. The summed E-state index contributed by atoms with van der Waals surface area (Å²) in [5.41, 5.74) is 1.46. The van der Waals surface area contributed by atoms with Crippen LogP contribution in [0.1, 0.15) is 60.8 Å². The molecule has 1 unspecified atom stereocenters. The van der Waals surface area contributed by atoms with Gasteiger partial charge in [0, 0.05) is 10.8 Å². The molecule has 224 valence electrons. The number of thioether (sulfide) groups is 1. The topological polar surface area (TPSA) is 115 Å². The van der Waals surface area contributed by atoms with Crippen molar-refractivity contribution in [2.75, 3.05) is 18.1 Å². The lowest BCUT2D eigenvalue weighted by atomic mass is 9.95. The van der Waals surface area contributed by atoms with E-state index in [0.717, 1.165) is 24.8 Å². The van der Waals surface area contributed by atoms with Gasteiger partial charge >= 0.3 is 0 Å². The van der Waals surface area contributed by atoms with Gasteiger partial charge in [-0.15, -0.1) is 10.2 Å². The first-order valence-electron chi connectivity index (χ1n) is 13.9. The minimum absolute atomic E-state index is 0.00131. The van der Waals surface area contributed by atoms with Crippen LogP contribution in [0, 0.1) is 0 Å². The summed E-state index contributed by atoms with van der Waals surface area (Å²) in [6.45, 7) is 4.90. The molecule has 1 aliphatic rings.